The van der Waals surface area contributed by atoms with Crippen LogP contribution in [0.2, 0.25) is 0 Å². The van der Waals surface area contributed by atoms with E-state index in [9.17, 15) is 40.7 Å². The first-order valence-electron chi connectivity index (χ1n) is 10.0. The highest BCUT2D eigenvalue weighted by Gasteiger charge is 2.37. The number of nitrogens with zero attached hydrogens (tertiary/aromatic N) is 3. The molecule has 1 aliphatic heterocycles. The van der Waals surface area contributed by atoms with Gasteiger partial charge in [0.1, 0.15) is 28.9 Å². The van der Waals surface area contributed by atoms with Crippen molar-refractivity contribution in [3.05, 3.63) is 63.7 Å². The van der Waals surface area contributed by atoms with E-state index in [0.29, 0.717) is 29.8 Å². The average molecular weight is 499 g/mol. The molecule has 1 unspecified atom stereocenters. The van der Waals surface area contributed by atoms with E-state index in [0.717, 1.165) is 6.07 Å². The van der Waals surface area contributed by atoms with Crippen molar-refractivity contribution in [3.8, 4) is 5.69 Å². The number of alkyl halides is 3. The van der Waals surface area contributed by atoms with E-state index in [-0.39, 0.29) is 24.3 Å². The van der Waals surface area contributed by atoms with Crippen LogP contribution in [0.15, 0.2) is 35.3 Å². The number of urea groups is 1. The number of halogens is 6. The standard InChI is InChI=1S/C21H15F6N5O3/c1-9(21(25,26)27)29-19(34)12-8-32(16-13(23)6-10(22)7-14(16)24)18-11(17(12)33)2-3-15(30-18)31-5-4-28-20(31)35/h2-3,6-9H,4-5H2,1H3,(H,28,35)(H,29,34). The van der Waals surface area contributed by atoms with Crippen LogP contribution >= 0.6 is 0 Å². The van der Waals surface area contributed by atoms with Gasteiger partial charge in [-0.15, -0.1) is 0 Å². The number of pyridine rings is 2. The number of rotatable bonds is 4. The summed E-state index contributed by atoms with van der Waals surface area (Å²) in [5.41, 5.74) is -3.30. The Balaban J connectivity index is 1.98. The van der Waals surface area contributed by atoms with Crippen LogP contribution in [-0.4, -0.2) is 46.8 Å². The second-order valence-corrected chi connectivity index (χ2v) is 7.62. The van der Waals surface area contributed by atoms with Crippen molar-refractivity contribution < 1.29 is 35.9 Å². The van der Waals surface area contributed by atoms with Crippen LogP contribution in [0.1, 0.15) is 17.3 Å². The molecule has 1 saturated heterocycles. The summed E-state index contributed by atoms with van der Waals surface area (Å²) >= 11 is 0. The van der Waals surface area contributed by atoms with E-state index in [1.165, 1.54) is 11.0 Å². The Labute approximate surface area is 192 Å². The largest absolute Gasteiger partial charge is 0.408 e. The maximum Gasteiger partial charge on any atom is 0.408 e. The van der Waals surface area contributed by atoms with Crippen molar-refractivity contribution in [1.29, 1.82) is 0 Å². The van der Waals surface area contributed by atoms with Crippen molar-refractivity contribution in [2.24, 2.45) is 0 Å². The van der Waals surface area contributed by atoms with Gasteiger partial charge in [-0.25, -0.2) is 22.9 Å². The number of nitrogens with one attached hydrogen (secondary N) is 2. The van der Waals surface area contributed by atoms with Crippen LogP contribution in [0.25, 0.3) is 16.7 Å². The number of aromatic nitrogens is 2. The Kier molecular flexibility index (Phi) is 5.90. The van der Waals surface area contributed by atoms with Crippen LogP contribution in [0, 0.1) is 17.5 Å². The minimum Gasteiger partial charge on any atom is -0.340 e. The molecule has 1 atom stereocenters. The molecule has 0 radical (unpaired) electrons. The Morgan fingerprint density at radius 3 is 2.37 bits per heavy atom. The summed E-state index contributed by atoms with van der Waals surface area (Å²) in [4.78, 5) is 42.8. The Hall–Kier alpha value is -4.10. The summed E-state index contributed by atoms with van der Waals surface area (Å²) in [7, 11) is 0. The molecule has 184 valence electrons. The van der Waals surface area contributed by atoms with Gasteiger partial charge in [0.25, 0.3) is 5.91 Å². The van der Waals surface area contributed by atoms with E-state index >= 15 is 0 Å². The summed E-state index contributed by atoms with van der Waals surface area (Å²) in [5.74, 6) is -5.59. The summed E-state index contributed by atoms with van der Waals surface area (Å²) in [6.45, 7) is 1.12. The molecule has 35 heavy (non-hydrogen) atoms. The lowest BCUT2D eigenvalue weighted by molar-refractivity contribution is -0.149. The molecule has 3 aromatic rings. The van der Waals surface area contributed by atoms with E-state index < -0.39 is 63.9 Å². The molecular weight excluding hydrogens is 484 g/mol. The van der Waals surface area contributed by atoms with Crippen molar-refractivity contribution in [2.45, 2.75) is 19.1 Å². The first kappa shape index (κ1) is 24.0. The van der Waals surface area contributed by atoms with E-state index in [2.05, 4.69) is 10.3 Å². The van der Waals surface area contributed by atoms with Crippen LogP contribution in [0.4, 0.5) is 37.0 Å². The molecule has 1 aliphatic rings. The van der Waals surface area contributed by atoms with Crippen molar-refractivity contribution >= 4 is 28.8 Å². The third kappa shape index (κ3) is 4.38. The van der Waals surface area contributed by atoms with Crippen LogP contribution in [0.3, 0.4) is 0 Å². The van der Waals surface area contributed by atoms with E-state index in [4.69, 9.17) is 0 Å². The maximum absolute atomic E-state index is 14.7. The predicted octanol–water partition coefficient (Wildman–Crippen LogP) is 3.01. The zero-order chi connectivity index (χ0) is 25.7. The highest BCUT2D eigenvalue weighted by molar-refractivity contribution is 5.98. The number of carbonyl (C=O) groups is 2. The Bertz CT molecular complexity index is 1400. The van der Waals surface area contributed by atoms with Crippen LogP contribution in [0.5, 0.6) is 0 Å². The number of fused-ring (bicyclic) bond motifs is 1. The van der Waals surface area contributed by atoms with Gasteiger partial charge in [0.05, 0.1) is 5.39 Å². The molecule has 3 amide bonds. The molecule has 2 N–H and O–H groups in total. The molecule has 2 aromatic heterocycles. The molecule has 4 rings (SSSR count). The van der Waals surface area contributed by atoms with Gasteiger partial charge in [0, 0.05) is 31.4 Å². The molecule has 1 aromatic carbocycles. The highest BCUT2D eigenvalue weighted by atomic mass is 19.4. The van der Waals surface area contributed by atoms with Gasteiger partial charge in [-0.1, -0.05) is 0 Å². The minimum atomic E-state index is -4.83. The maximum atomic E-state index is 14.7. The topological polar surface area (TPSA) is 96.3 Å². The number of hydrogen-bond acceptors (Lipinski definition) is 4. The van der Waals surface area contributed by atoms with E-state index in [1.54, 1.807) is 5.32 Å². The number of carbonyl (C=O) groups excluding carboxylic acids is 2. The highest BCUT2D eigenvalue weighted by Crippen LogP contribution is 2.26. The quantitative estimate of drug-likeness (QED) is 0.540. The van der Waals surface area contributed by atoms with Gasteiger partial charge in [-0.3, -0.25) is 19.1 Å². The second-order valence-electron chi connectivity index (χ2n) is 7.62. The normalized spacial score (nSPS) is 14.8. The third-order valence-corrected chi connectivity index (χ3v) is 5.28. The van der Waals surface area contributed by atoms with Gasteiger partial charge in [-0.05, 0) is 19.1 Å². The van der Waals surface area contributed by atoms with Crippen molar-refractivity contribution in [1.82, 2.24) is 20.2 Å². The van der Waals surface area contributed by atoms with Gasteiger partial charge >= 0.3 is 12.2 Å². The number of anilines is 1. The molecule has 0 saturated carbocycles. The molecule has 1 fully saturated rings. The predicted molar refractivity (Wildman–Crippen MR) is 111 cm³/mol. The van der Waals surface area contributed by atoms with Gasteiger partial charge in [0.2, 0.25) is 5.43 Å². The lowest BCUT2D eigenvalue weighted by Crippen LogP contribution is -2.44. The molecule has 0 aliphatic carbocycles. The summed E-state index contributed by atoms with van der Waals surface area (Å²) in [6.07, 6.45) is -4.21. The molecule has 14 heteroatoms. The zero-order valence-corrected chi connectivity index (χ0v) is 17.7. The molecule has 3 heterocycles. The fraction of sp³-hybridized carbons (Fsp3) is 0.238. The lowest BCUT2D eigenvalue weighted by Gasteiger charge is -2.19. The molecule has 0 bridgehead atoms. The fourth-order valence-electron chi connectivity index (χ4n) is 3.49. The summed E-state index contributed by atoms with van der Waals surface area (Å²) in [5, 5.41) is 3.75. The van der Waals surface area contributed by atoms with Crippen LogP contribution < -0.4 is 21.0 Å². The van der Waals surface area contributed by atoms with Gasteiger partial charge < -0.3 is 10.6 Å². The fourth-order valence-corrected chi connectivity index (χ4v) is 3.49. The summed E-state index contributed by atoms with van der Waals surface area (Å²) in [6, 6.07) is 0.160. The molecular formula is C21H15F6N5O3. The molecule has 8 nitrogen and oxygen atoms in total. The van der Waals surface area contributed by atoms with Crippen LogP contribution in [-0.2, 0) is 0 Å². The Morgan fingerprint density at radius 1 is 1.14 bits per heavy atom. The van der Waals surface area contributed by atoms with Gasteiger partial charge in [0.15, 0.2) is 17.3 Å². The summed E-state index contributed by atoms with van der Waals surface area (Å²) < 4.78 is 82.2. The SMILES string of the molecule is CC(NC(=O)c1cn(-c2c(F)cc(F)cc2F)c2nc(N3CCNC3=O)ccc2c1=O)C(F)(F)F. The zero-order valence-electron chi connectivity index (χ0n) is 17.7. The molecule has 0 spiro atoms. The van der Waals surface area contributed by atoms with E-state index in [1.807, 2.05) is 0 Å². The monoisotopic (exact) mass is 499 g/mol. The lowest BCUT2D eigenvalue weighted by atomic mass is 10.1. The number of amides is 3. The average Bonchev–Trinajstić information content (AvgIpc) is 3.19. The third-order valence-electron chi connectivity index (χ3n) is 5.28. The van der Waals surface area contributed by atoms with Crippen molar-refractivity contribution in [3.63, 3.8) is 0 Å². The second kappa shape index (κ2) is 8.60. The number of benzene rings is 1. The van der Waals surface area contributed by atoms with Crippen molar-refractivity contribution in [2.75, 3.05) is 18.0 Å². The first-order valence-corrected chi connectivity index (χ1v) is 10.0. The number of hydrogen-bond donors (Lipinski definition) is 2. The Morgan fingerprint density at radius 2 is 1.80 bits per heavy atom. The first-order chi connectivity index (χ1) is 16.4. The minimum absolute atomic E-state index is 0.00790. The smallest absolute Gasteiger partial charge is 0.340 e. The van der Waals surface area contributed by atoms with Gasteiger partial charge in [-0.2, -0.15) is 13.2 Å².